The van der Waals surface area contributed by atoms with E-state index in [1.54, 1.807) is 18.2 Å². The van der Waals surface area contributed by atoms with Gasteiger partial charge in [0.25, 0.3) is 0 Å². The molecule has 2 aromatic carbocycles. The van der Waals surface area contributed by atoms with Crippen molar-refractivity contribution in [2.45, 2.75) is 32.9 Å². The number of esters is 1. The number of nitrogens with zero attached hydrogens (tertiary/aromatic N) is 1. The standard InChI is InChI=1S/C23H21NO5/c1-15-4-9-19-18(12-22(26)29-20(19)11-15)14-28-23(27)17-7-5-16(6-8-17)13-24-10-2-3-21(24)25/h4-9,11-12H,2-3,10,13-14H2,1H3. The van der Waals surface area contributed by atoms with E-state index in [0.717, 1.165) is 29.5 Å². The van der Waals surface area contributed by atoms with Gasteiger partial charge in [-0.15, -0.1) is 0 Å². The Kier molecular flexibility index (Phi) is 5.16. The van der Waals surface area contributed by atoms with Crippen molar-refractivity contribution in [3.63, 3.8) is 0 Å². The Hall–Kier alpha value is -3.41. The summed E-state index contributed by atoms with van der Waals surface area (Å²) < 4.78 is 10.6. The fourth-order valence-electron chi connectivity index (χ4n) is 3.52. The maximum absolute atomic E-state index is 12.4. The lowest BCUT2D eigenvalue weighted by molar-refractivity contribution is -0.128. The van der Waals surface area contributed by atoms with Crippen LogP contribution >= 0.6 is 0 Å². The first-order valence-corrected chi connectivity index (χ1v) is 9.57. The summed E-state index contributed by atoms with van der Waals surface area (Å²) in [5, 5.41) is 0.744. The van der Waals surface area contributed by atoms with Crippen LogP contribution < -0.4 is 5.63 Å². The van der Waals surface area contributed by atoms with Crippen molar-refractivity contribution in [2.24, 2.45) is 0 Å². The zero-order valence-corrected chi connectivity index (χ0v) is 16.1. The second-order valence-corrected chi connectivity index (χ2v) is 7.28. The van der Waals surface area contributed by atoms with Gasteiger partial charge in [0.2, 0.25) is 5.91 Å². The number of carbonyl (C=O) groups is 2. The minimum absolute atomic E-state index is 0.0198. The summed E-state index contributed by atoms with van der Waals surface area (Å²) in [5.74, 6) is -0.300. The van der Waals surface area contributed by atoms with Crippen LogP contribution in [0.4, 0.5) is 0 Å². The number of aryl methyl sites for hydroxylation is 1. The fourth-order valence-corrected chi connectivity index (χ4v) is 3.52. The fraction of sp³-hybridized carbons (Fsp3) is 0.261. The summed E-state index contributed by atoms with van der Waals surface area (Å²) in [6.07, 6.45) is 1.51. The topological polar surface area (TPSA) is 76.8 Å². The van der Waals surface area contributed by atoms with Gasteiger partial charge in [-0.2, -0.15) is 0 Å². The van der Waals surface area contributed by atoms with Gasteiger partial charge in [-0.1, -0.05) is 24.3 Å². The quantitative estimate of drug-likeness (QED) is 0.491. The maximum Gasteiger partial charge on any atom is 0.338 e. The molecule has 0 saturated carbocycles. The molecule has 6 nitrogen and oxygen atoms in total. The van der Waals surface area contributed by atoms with Crippen molar-refractivity contribution in [3.05, 3.63) is 81.2 Å². The SMILES string of the molecule is Cc1ccc2c(COC(=O)c3ccc(CN4CCCC4=O)cc3)cc(=O)oc2c1. The molecule has 2 heterocycles. The van der Waals surface area contributed by atoms with E-state index in [2.05, 4.69) is 0 Å². The molecule has 0 unspecified atom stereocenters. The van der Waals surface area contributed by atoms with E-state index in [1.165, 1.54) is 6.07 Å². The number of hydrogen-bond acceptors (Lipinski definition) is 5. The van der Waals surface area contributed by atoms with Crippen LogP contribution in [0, 0.1) is 6.92 Å². The first kappa shape index (κ1) is 18.9. The normalized spacial score (nSPS) is 13.8. The molecule has 0 aliphatic carbocycles. The summed E-state index contributed by atoms with van der Waals surface area (Å²) in [6, 6.07) is 13.9. The third-order valence-corrected chi connectivity index (χ3v) is 5.08. The minimum Gasteiger partial charge on any atom is -0.457 e. The van der Waals surface area contributed by atoms with Gasteiger partial charge >= 0.3 is 11.6 Å². The van der Waals surface area contributed by atoms with Gasteiger partial charge in [-0.05, 0) is 42.7 Å². The van der Waals surface area contributed by atoms with E-state index < -0.39 is 11.6 Å². The number of hydrogen-bond donors (Lipinski definition) is 0. The van der Waals surface area contributed by atoms with Crippen LogP contribution in [0.1, 0.15) is 39.9 Å². The van der Waals surface area contributed by atoms with Crippen molar-refractivity contribution in [1.29, 1.82) is 0 Å². The number of carbonyl (C=O) groups excluding carboxylic acids is 2. The number of fused-ring (bicyclic) bond motifs is 1. The Labute approximate surface area is 167 Å². The van der Waals surface area contributed by atoms with Gasteiger partial charge in [0.15, 0.2) is 0 Å². The number of benzene rings is 2. The molecule has 6 heteroatoms. The smallest absolute Gasteiger partial charge is 0.338 e. The predicted molar refractivity (Wildman–Crippen MR) is 107 cm³/mol. The van der Waals surface area contributed by atoms with Gasteiger partial charge in [0.05, 0.1) is 5.56 Å². The molecule has 148 valence electrons. The lowest BCUT2D eigenvalue weighted by atomic mass is 10.1. The van der Waals surface area contributed by atoms with E-state index in [0.29, 0.717) is 29.7 Å². The minimum atomic E-state index is -0.477. The van der Waals surface area contributed by atoms with Gasteiger partial charge in [0, 0.05) is 36.5 Å². The van der Waals surface area contributed by atoms with Gasteiger partial charge in [0.1, 0.15) is 12.2 Å². The van der Waals surface area contributed by atoms with Crippen molar-refractivity contribution in [3.8, 4) is 0 Å². The van der Waals surface area contributed by atoms with Crippen LogP contribution in [0.15, 0.2) is 57.7 Å². The van der Waals surface area contributed by atoms with E-state index in [9.17, 15) is 14.4 Å². The number of amides is 1. The highest BCUT2D eigenvalue weighted by Crippen LogP contribution is 2.20. The van der Waals surface area contributed by atoms with Crippen LogP contribution in [0.2, 0.25) is 0 Å². The first-order chi connectivity index (χ1) is 14.0. The molecule has 0 N–H and O–H groups in total. The Balaban J connectivity index is 1.44. The van der Waals surface area contributed by atoms with Crippen molar-refractivity contribution in [1.82, 2.24) is 4.90 Å². The molecule has 1 aliphatic heterocycles. The largest absolute Gasteiger partial charge is 0.457 e. The highest BCUT2D eigenvalue weighted by atomic mass is 16.5. The van der Waals surface area contributed by atoms with Gasteiger partial charge in [-0.3, -0.25) is 4.79 Å². The Morgan fingerprint density at radius 3 is 2.62 bits per heavy atom. The van der Waals surface area contributed by atoms with Crippen molar-refractivity contribution in [2.75, 3.05) is 6.54 Å². The third-order valence-electron chi connectivity index (χ3n) is 5.08. The average molecular weight is 391 g/mol. The number of rotatable bonds is 5. The zero-order chi connectivity index (χ0) is 20.4. The van der Waals surface area contributed by atoms with Crippen LogP contribution in [0.5, 0.6) is 0 Å². The van der Waals surface area contributed by atoms with Gasteiger partial charge < -0.3 is 14.1 Å². The zero-order valence-electron chi connectivity index (χ0n) is 16.1. The molecule has 4 rings (SSSR count). The van der Waals surface area contributed by atoms with Crippen LogP contribution in [0.3, 0.4) is 0 Å². The molecule has 0 atom stereocenters. The molecule has 0 spiro atoms. The average Bonchev–Trinajstić information content (AvgIpc) is 3.10. The summed E-state index contributed by atoms with van der Waals surface area (Å²) in [6.45, 7) is 3.23. The van der Waals surface area contributed by atoms with Crippen LogP contribution in [-0.2, 0) is 22.7 Å². The van der Waals surface area contributed by atoms with E-state index in [1.807, 2.05) is 36.1 Å². The number of ether oxygens (including phenoxy) is 1. The molecule has 0 bridgehead atoms. The van der Waals surface area contributed by atoms with E-state index >= 15 is 0 Å². The van der Waals surface area contributed by atoms with Crippen LogP contribution in [-0.4, -0.2) is 23.3 Å². The molecule has 29 heavy (non-hydrogen) atoms. The van der Waals surface area contributed by atoms with Crippen LogP contribution in [0.25, 0.3) is 11.0 Å². The molecule has 1 amide bonds. The summed E-state index contributed by atoms with van der Waals surface area (Å²) in [4.78, 5) is 37.8. The lowest BCUT2D eigenvalue weighted by Crippen LogP contribution is -2.23. The Bertz CT molecular complexity index is 1130. The molecule has 1 fully saturated rings. The first-order valence-electron chi connectivity index (χ1n) is 9.57. The highest BCUT2D eigenvalue weighted by molar-refractivity contribution is 5.89. The predicted octanol–water partition coefficient (Wildman–Crippen LogP) is 3.58. The van der Waals surface area contributed by atoms with Crippen molar-refractivity contribution >= 4 is 22.8 Å². The summed E-state index contributed by atoms with van der Waals surface area (Å²) >= 11 is 0. The van der Waals surface area contributed by atoms with Crippen molar-refractivity contribution < 1.29 is 18.7 Å². The summed E-state index contributed by atoms with van der Waals surface area (Å²) in [5.41, 5.74) is 2.97. The number of likely N-dealkylation sites (tertiary alicyclic amines) is 1. The Morgan fingerprint density at radius 2 is 1.90 bits per heavy atom. The monoisotopic (exact) mass is 391 g/mol. The van der Waals surface area contributed by atoms with E-state index in [-0.39, 0.29) is 12.5 Å². The molecular formula is C23H21NO5. The maximum atomic E-state index is 12.4. The highest BCUT2D eigenvalue weighted by Gasteiger charge is 2.20. The molecule has 1 aliphatic rings. The van der Waals surface area contributed by atoms with E-state index in [4.69, 9.17) is 9.15 Å². The van der Waals surface area contributed by atoms with Gasteiger partial charge in [-0.25, -0.2) is 9.59 Å². The molecule has 3 aromatic rings. The summed E-state index contributed by atoms with van der Waals surface area (Å²) in [7, 11) is 0. The molecular weight excluding hydrogens is 370 g/mol. The molecule has 0 radical (unpaired) electrons. The second kappa shape index (κ2) is 7.91. The molecule has 1 aromatic heterocycles. The molecule has 1 saturated heterocycles. The lowest BCUT2D eigenvalue weighted by Gasteiger charge is -2.15. The second-order valence-electron chi connectivity index (χ2n) is 7.28. The third kappa shape index (κ3) is 4.21. The Morgan fingerprint density at radius 1 is 1.10 bits per heavy atom.